The van der Waals surface area contributed by atoms with Gasteiger partial charge in [-0.1, -0.05) is 31.4 Å². The van der Waals surface area contributed by atoms with Crippen molar-refractivity contribution in [3.63, 3.8) is 0 Å². The Morgan fingerprint density at radius 3 is 2.89 bits per heavy atom. The number of aromatic amines is 1. The topological polar surface area (TPSA) is 112 Å². The summed E-state index contributed by atoms with van der Waals surface area (Å²) >= 11 is 0. The number of nitrogens with zero attached hydrogens (tertiary/aromatic N) is 5. The van der Waals surface area contributed by atoms with Crippen LogP contribution >= 0.6 is 0 Å². The van der Waals surface area contributed by atoms with E-state index in [-0.39, 0.29) is 6.61 Å². The van der Waals surface area contributed by atoms with E-state index in [1.54, 1.807) is 7.05 Å². The van der Waals surface area contributed by atoms with E-state index in [4.69, 9.17) is 14.7 Å². The van der Waals surface area contributed by atoms with Crippen LogP contribution < -0.4 is 15.0 Å². The lowest BCUT2D eigenvalue weighted by atomic mass is 9.94. The Morgan fingerprint density at radius 1 is 1.19 bits per heavy atom. The summed E-state index contributed by atoms with van der Waals surface area (Å²) in [7, 11) is 3.93. The van der Waals surface area contributed by atoms with Gasteiger partial charge in [-0.15, -0.1) is 0 Å². The molecule has 0 spiro atoms. The third kappa shape index (κ3) is 5.32. The molecule has 5 rings (SSSR count). The molecule has 1 fully saturated rings. The van der Waals surface area contributed by atoms with Crippen molar-refractivity contribution in [2.75, 3.05) is 32.1 Å². The molecular formula is C27H33N7O2. The maximum atomic E-state index is 10.0. The first-order valence-corrected chi connectivity index (χ1v) is 12.6. The molecule has 9 nitrogen and oxygen atoms in total. The van der Waals surface area contributed by atoms with Gasteiger partial charge < -0.3 is 25.0 Å². The number of fused-ring (bicyclic) bond motifs is 1. The lowest BCUT2D eigenvalue weighted by molar-refractivity contribution is 0.108. The minimum Gasteiger partial charge on any atom is -0.491 e. The Hall–Kier alpha value is -3.56. The molecule has 0 bridgehead atoms. The number of hydrogen-bond donors (Lipinski definition) is 3. The highest BCUT2D eigenvalue weighted by molar-refractivity contribution is 5.92. The fraction of sp³-hybridized carbons (Fsp3) is 0.407. The zero-order chi connectivity index (χ0) is 24.9. The van der Waals surface area contributed by atoms with Crippen molar-refractivity contribution in [2.45, 2.75) is 44.2 Å². The average molecular weight is 488 g/mol. The molecule has 36 heavy (non-hydrogen) atoms. The van der Waals surface area contributed by atoms with Crippen LogP contribution in [0, 0.1) is 0 Å². The predicted octanol–water partition coefficient (Wildman–Crippen LogP) is 3.81. The van der Waals surface area contributed by atoms with Crippen molar-refractivity contribution in [1.29, 1.82) is 0 Å². The highest BCUT2D eigenvalue weighted by Gasteiger charge is 2.22. The zero-order valence-electron chi connectivity index (χ0n) is 20.8. The molecular weight excluding hydrogens is 454 g/mol. The van der Waals surface area contributed by atoms with Crippen LogP contribution in [0.1, 0.15) is 32.1 Å². The van der Waals surface area contributed by atoms with Crippen LogP contribution in [0.5, 0.6) is 5.75 Å². The van der Waals surface area contributed by atoms with Gasteiger partial charge in [-0.05, 0) is 32.0 Å². The smallest absolute Gasteiger partial charge is 0.162 e. The van der Waals surface area contributed by atoms with E-state index < -0.39 is 6.10 Å². The maximum absolute atomic E-state index is 10.0. The number of aliphatic hydroxyl groups excluding tert-OH is 1. The van der Waals surface area contributed by atoms with E-state index in [0.29, 0.717) is 24.2 Å². The van der Waals surface area contributed by atoms with Gasteiger partial charge >= 0.3 is 0 Å². The molecule has 0 unspecified atom stereocenters. The van der Waals surface area contributed by atoms with E-state index in [2.05, 4.69) is 38.3 Å². The molecule has 3 N–H and O–H groups in total. The number of aromatic nitrogens is 5. The summed E-state index contributed by atoms with van der Waals surface area (Å²) in [5.74, 6) is 2.18. The first-order chi connectivity index (χ1) is 17.6. The molecule has 0 radical (unpaired) electrons. The molecule has 1 atom stereocenters. The van der Waals surface area contributed by atoms with Crippen LogP contribution in [-0.4, -0.2) is 69.4 Å². The van der Waals surface area contributed by atoms with Gasteiger partial charge in [-0.25, -0.2) is 19.9 Å². The number of nitrogens with one attached hydrogen (secondary N) is 2. The minimum absolute atomic E-state index is 0.205. The summed E-state index contributed by atoms with van der Waals surface area (Å²) in [5.41, 5.74) is 3.38. The number of H-pyrrole nitrogens is 1. The van der Waals surface area contributed by atoms with Gasteiger partial charge in [-0.3, -0.25) is 0 Å². The van der Waals surface area contributed by atoms with Gasteiger partial charge in [0, 0.05) is 54.6 Å². The van der Waals surface area contributed by atoms with Crippen LogP contribution in [0.15, 0.2) is 49.1 Å². The second-order valence-corrected chi connectivity index (χ2v) is 9.38. The average Bonchev–Trinajstić information content (AvgIpc) is 3.36. The minimum atomic E-state index is -0.585. The Kier molecular flexibility index (Phi) is 7.39. The zero-order valence-corrected chi connectivity index (χ0v) is 20.8. The normalized spacial score (nSPS) is 15.2. The molecule has 3 heterocycles. The molecule has 1 aromatic carbocycles. The van der Waals surface area contributed by atoms with E-state index in [9.17, 15) is 5.11 Å². The van der Waals surface area contributed by atoms with E-state index in [0.717, 1.165) is 33.7 Å². The lowest BCUT2D eigenvalue weighted by Crippen LogP contribution is -2.34. The predicted molar refractivity (Wildman–Crippen MR) is 141 cm³/mol. The maximum Gasteiger partial charge on any atom is 0.162 e. The van der Waals surface area contributed by atoms with Gasteiger partial charge in [-0.2, -0.15) is 0 Å². The quantitative estimate of drug-likeness (QED) is 0.327. The van der Waals surface area contributed by atoms with Crippen LogP contribution in [0.2, 0.25) is 0 Å². The molecule has 1 aliphatic carbocycles. The van der Waals surface area contributed by atoms with Crippen molar-refractivity contribution >= 4 is 16.9 Å². The second-order valence-electron chi connectivity index (χ2n) is 9.38. The lowest BCUT2D eigenvalue weighted by Gasteiger charge is -2.32. The third-order valence-electron chi connectivity index (χ3n) is 6.80. The summed E-state index contributed by atoms with van der Waals surface area (Å²) < 4.78 is 5.84. The van der Waals surface area contributed by atoms with E-state index in [1.807, 2.05) is 36.7 Å². The highest BCUT2D eigenvalue weighted by atomic mass is 16.5. The van der Waals surface area contributed by atoms with Crippen molar-refractivity contribution in [2.24, 2.45) is 0 Å². The van der Waals surface area contributed by atoms with Crippen molar-refractivity contribution in [1.82, 2.24) is 30.2 Å². The van der Waals surface area contributed by atoms with Gasteiger partial charge in [0.05, 0.1) is 5.69 Å². The summed E-state index contributed by atoms with van der Waals surface area (Å²) in [5, 5.41) is 13.9. The van der Waals surface area contributed by atoms with Gasteiger partial charge in [0.1, 0.15) is 36.3 Å². The molecule has 3 aromatic heterocycles. The molecule has 1 saturated carbocycles. The molecule has 0 saturated heterocycles. The Balaban J connectivity index is 1.53. The summed E-state index contributed by atoms with van der Waals surface area (Å²) in [6.45, 7) is 0.673. The molecule has 0 amide bonds. The first kappa shape index (κ1) is 24.1. The number of ether oxygens (including phenoxy) is 1. The summed E-state index contributed by atoms with van der Waals surface area (Å²) in [6, 6.07) is 10.2. The van der Waals surface area contributed by atoms with Crippen LogP contribution in [0.3, 0.4) is 0 Å². The molecule has 0 aliphatic heterocycles. The number of aliphatic hydroxyl groups is 1. The largest absolute Gasteiger partial charge is 0.491 e. The van der Waals surface area contributed by atoms with Gasteiger partial charge in [0.15, 0.2) is 5.82 Å². The number of hydrogen-bond acceptors (Lipinski definition) is 8. The third-order valence-corrected chi connectivity index (χ3v) is 6.80. The first-order valence-electron chi connectivity index (χ1n) is 12.6. The van der Waals surface area contributed by atoms with Gasteiger partial charge in [0.2, 0.25) is 0 Å². The van der Waals surface area contributed by atoms with Crippen LogP contribution in [-0.2, 0) is 0 Å². The van der Waals surface area contributed by atoms with Crippen molar-refractivity contribution < 1.29 is 9.84 Å². The Labute approximate surface area is 211 Å². The highest BCUT2D eigenvalue weighted by Crippen LogP contribution is 2.33. The van der Waals surface area contributed by atoms with Crippen LogP contribution in [0.25, 0.3) is 33.7 Å². The fourth-order valence-electron chi connectivity index (χ4n) is 4.82. The van der Waals surface area contributed by atoms with Crippen LogP contribution in [0.4, 0.5) is 5.82 Å². The number of likely N-dealkylation sites (N-methyl/N-ethyl adjacent to an activating group) is 1. The van der Waals surface area contributed by atoms with Crippen molar-refractivity contribution in [3.05, 3.63) is 49.1 Å². The SMILES string of the molecule is CNC[C@@H](O)COc1cccc(-c2nc(-c3c[nH]c4ncncc34)cc(N(C)C3CCCCC3)n2)c1. The fourth-order valence-corrected chi connectivity index (χ4v) is 4.82. The number of rotatable bonds is 9. The molecule has 1 aliphatic rings. The number of benzene rings is 1. The van der Waals surface area contributed by atoms with E-state index >= 15 is 0 Å². The van der Waals surface area contributed by atoms with Gasteiger partial charge in [0.25, 0.3) is 0 Å². The second kappa shape index (κ2) is 11.0. The monoisotopic (exact) mass is 487 g/mol. The Bertz CT molecular complexity index is 1300. The van der Waals surface area contributed by atoms with Crippen molar-refractivity contribution in [3.8, 4) is 28.4 Å². The summed E-state index contributed by atoms with van der Waals surface area (Å²) in [6.07, 6.45) is 10.8. The number of anilines is 1. The van der Waals surface area contributed by atoms with E-state index in [1.165, 1.54) is 38.4 Å². The molecule has 188 valence electrons. The standard InChI is InChI=1S/C27H33N7O2/c1-28-13-20(35)16-36-21-10-6-7-18(11-21)26-32-24(22-15-30-27-23(22)14-29-17-31-27)12-25(33-26)34(2)19-8-4-3-5-9-19/h6-7,10-12,14-15,17,19-20,28,35H,3-5,8-9,13,16H2,1-2H3,(H,29,30,31)/t20-/m1/s1. The Morgan fingerprint density at radius 2 is 2.06 bits per heavy atom. The summed E-state index contributed by atoms with van der Waals surface area (Å²) in [4.78, 5) is 24.0. The molecule has 9 heteroatoms. The molecule has 4 aromatic rings.